The van der Waals surface area contributed by atoms with Crippen LogP contribution in [0.25, 0.3) is 0 Å². The minimum absolute atomic E-state index is 0.0212. The lowest BCUT2D eigenvalue weighted by Crippen LogP contribution is -2.39. The molecule has 1 aromatic carbocycles. The number of amides is 1. The number of nitro benzene ring substituents is 1. The zero-order valence-electron chi connectivity index (χ0n) is 11.6. The van der Waals surface area contributed by atoms with Gasteiger partial charge >= 0.3 is 5.69 Å². The summed E-state index contributed by atoms with van der Waals surface area (Å²) in [6, 6.07) is 0.458. The molecule has 6 nitrogen and oxygen atoms in total. The summed E-state index contributed by atoms with van der Waals surface area (Å²) in [5, 5.41) is 21.9. The molecular weight excluding hydrogens is 286 g/mol. The first-order valence-corrected chi connectivity index (χ1v) is 6.33. The van der Waals surface area contributed by atoms with Crippen LogP contribution in [0.15, 0.2) is 12.1 Å². The number of halogens is 2. The minimum Gasteiger partial charge on any atom is -0.396 e. The molecule has 0 aromatic heterocycles. The van der Waals surface area contributed by atoms with E-state index < -0.39 is 39.8 Å². The number of aliphatic hydroxyl groups is 1. The number of nitrogens with zero attached hydrogens (tertiary/aromatic N) is 1. The van der Waals surface area contributed by atoms with Crippen LogP contribution in [0.3, 0.4) is 0 Å². The summed E-state index contributed by atoms with van der Waals surface area (Å²) in [5.74, 6) is -3.36. The van der Waals surface area contributed by atoms with E-state index >= 15 is 0 Å². The van der Waals surface area contributed by atoms with E-state index in [0.717, 1.165) is 0 Å². The Balaban J connectivity index is 3.02. The average molecular weight is 302 g/mol. The van der Waals surface area contributed by atoms with Crippen molar-refractivity contribution in [2.75, 3.05) is 6.61 Å². The molecule has 0 saturated heterocycles. The summed E-state index contributed by atoms with van der Waals surface area (Å²) in [4.78, 5) is 21.3. The molecule has 2 N–H and O–H groups in total. The second kappa shape index (κ2) is 7.07. The quantitative estimate of drug-likeness (QED) is 0.621. The summed E-state index contributed by atoms with van der Waals surface area (Å²) in [6.45, 7) is 3.43. The predicted molar refractivity (Wildman–Crippen MR) is 70.8 cm³/mol. The summed E-state index contributed by atoms with van der Waals surface area (Å²) >= 11 is 0. The Kier molecular flexibility index (Phi) is 5.71. The van der Waals surface area contributed by atoms with Crippen LogP contribution in [-0.4, -0.2) is 28.6 Å². The van der Waals surface area contributed by atoms with Gasteiger partial charge in [0.2, 0.25) is 5.82 Å². The van der Waals surface area contributed by atoms with E-state index in [9.17, 15) is 23.7 Å². The van der Waals surface area contributed by atoms with E-state index in [1.807, 2.05) is 0 Å². The van der Waals surface area contributed by atoms with Gasteiger partial charge in [0, 0.05) is 12.6 Å². The molecule has 1 unspecified atom stereocenters. The van der Waals surface area contributed by atoms with Gasteiger partial charge < -0.3 is 10.4 Å². The van der Waals surface area contributed by atoms with Gasteiger partial charge in [0.05, 0.1) is 16.6 Å². The fourth-order valence-corrected chi connectivity index (χ4v) is 1.81. The SMILES string of the molecule is CC(C)C(CCO)NC(=O)c1cc(F)c([N+](=O)[O-])cc1F. The summed E-state index contributed by atoms with van der Waals surface area (Å²) in [5.41, 5.74) is -1.64. The Labute approximate surface area is 119 Å². The molecule has 0 saturated carbocycles. The van der Waals surface area contributed by atoms with Gasteiger partial charge in [0.15, 0.2) is 0 Å². The molecule has 0 radical (unpaired) electrons. The number of hydrogen-bond acceptors (Lipinski definition) is 4. The molecule has 1 atom stereocenters. The molecule has 0 spiro atoms. The maximum atomic E-state index is 13.7. The molecule has 1 aromatic rings. The molecule has 116 valence electrons. The van der Waals surface area contributed by atoms with Crippen molar-refractivity contribution in [1.82, 2.24) is 5.32 Å². The number of rotatable bonds is 6. The first kappa shape index (κ1) is 17.0. The lowest BCUT2D eigenvalue weighted by atomic mass is 10.0. The van der Waals surface area contributed by atoms with Crippen LogP contribution in [0.1, 0.15) is 30.6 Å². The normalized spacial score (nSPS) is 12.3. The Morgan fingerprint density at radius 3 is 2.48 bits per heavy atom. The molecular formula is C13H16F2N2O4. The van der Waals surface area contributed by atoms with Crippen molar-refractivity contribution in [2.24, 2.45) is 5.92 Å². The van der Waals surface area contributed by atoms with Crippen LogP contribution in [-0.2, 0) is 0 Å². The zero-order valence-corrected chi connectivity index (χ0v) is 11.6. The Morgan fingerprint density at radius 1 is 1.38 bits per heavy atom. The molecule has 0 fully saturated rings. The maximum Gasteiger partial charge on any atom is 0.307 e. The monoisotopic (exact) mass is 302 g/mol. The standard InChI is InChI=1S/C13H16F2N2O4/c1-7(2)11(3-4-18)16-13(19)8-5-10(15)12(17(20)21)6-9(8)14/h5-7,11,18H,3-4H2,1-2H3,(H,16,19). The fourth-order valence-electron chi connectivity index (χ4n) is 1.81. The number of nitrogens with one attached hydrogen (secondary N) is 1. The predicted octanol–water partition coefficient (Wildman–Crippen LogP) is 2.01. The Bertz CT molecular complexity index is 549. The van der Waals surface area contributed by atoms with Crippen LogP contribution < -0.4 is 5.32 Å². The number of carbonyl (C=O) groups excluding carboxylic acids is 1. The van der Waals surface area contributed by atoms with Crippen molar-refractivity contribution in [3.8, 4) is 0 Å². The van der Waals surface area contributed by atoms with E-state index in [2.05, 4.69) is 5.32 Å². The van der Waals surface area contributed by atoms with E-state index in [-0.39, 0.29) is 18.9 Å². The highest BCUT2D eigenvalue weighted by Gasteiger charge is 2.24. The van der Waals surface area contributed by atoms with Crippen molar-refractivity contribution >= 4 is 11.6 Å². The van der Waals surface area contributed by atoms with Gasteiger partial charge in [-0.15, -0.1) is 0 Å². The van der Waals surface area contributed by atoms with Crippen LogP contribution >= 0.6 is 0 Å². The summed E-state index contributed by atoms with van der Waals surface area (Å²) < 4.78 is 27.2. The first-order chi connectivity index (χ1) is 9.77. The van der Waals surface area contributed by atoms with E-state index in [0.29, 0.717) is 12.1 Å². The van der Waals surface area contributed by atoms with Crippen molar-refractivity contribution in [3.05, 3.63) is 39.4 Å². The molecule has 0 aliphatic carbocycles. The number of carbonyl (C=O) groups is 1. The molecule has 8 heteroatoms. The minimum atomic E-state index is -1.28. The largest absolute Gasteiger partial charge is 0.396 e. The van der Waals surface area contributed by atoms with E-state index in [4.69, 9.17) is 5.11 Å². The second-order valence-corrected chi connectivity index (χ2v) is 4.88. The first-order valence-electron chi connectivity index (χ1n) is 6.33. The molecule has 0 heterocycles. The maximum absolute atomic E-state index is 13.7. The smallest absolute Gasteiger partial charge is 0.307 e. The lowest BCUT2D eigenvalue weighted by molar-refractivity contribution is -0.387. The van der Waals surface area contributed by atoms with Crippen molar-refractivity contribution in [3.63, 3.8) is 0 Å². The highest BCUT2D eigenvalue weighted by atomic mass is 19.1. The third-order valence-corrected chi connectivity index (χ3v) is 3.04. The highest BCUT2D eigenvalue weighted by Crippen LogP contribution is 2.21. The van der Waals surface area contributed by atoms with Crippen LogP contribution in [0, 0.1) is 27.7 Å². The summed E-state index contributed by atoms with van der Waals surface area (Å²) in [6.07, 6.45) is 0.264. The summed E-state index contributed by atoms with van der Waals surface area (Å²) in [7, 11) is 0. The number of benzene rings is 1. The lowest BCUT2D eigenvalue weighted by Gasteiger charge is -2.21. The molecule has 1 amide bonds. The average Bonchev–Trinajstić information content (AvgIpc) is 2.39. The molecule has 21 heavy (non-hydrogen) atoms. The third kappa shape index (κ3) is 4.19. The molecule has 0 aliphatic rings. The van der Waals surface area contributed by atoms with Gasteiger partial charge in [-0.25, -0.2) is 4.39 Å². The third-order valence-electron chi connectivity index (χ3n) is 3.04. The van der Waals surface area contributed by atoms with E-state index in [1.165, 1.54) is 0 Å². The van der Waals surface area contributed by atoms with Gasteiger partial charge in [0.25, 0.3) is 5.91 Å². The van der Waals surface area contributed by atoms with Crippen LogP contribution in [0.4, 0.5) is 14.5 Å². The van der Waals surface area contributed by atoms with Crippen molar-refractivity contribution < 1.29 is 23.6 Å². The van der Waals surface area contributed by atoms with Crippen LogP contribution in [0.5, 0.6) is 0 Å². The van der Waals surface area contributed by atoms with Crippen molar-refractivity contribution in [1.29, 1.82) is 0 Å². The van der Waals surface area contributed by atoms with Gasteiger partial charge in [-0.3, -0.25) is 14.9 Å². The number of hydrogen-bond donors (Lipinski definition) is 2. The van der Waals surface area contributed by atoms with Crippen molar-refractivity contribution in [2.45, 2.75) is 26.3 Å². The topological polar surface area (TPSA) is 92.5 Å². The fraction of sp³-hybridized carbons (Fsp3) is 0.462. The van der Waals surface area contributed by atoms with Gasteiger partial charge in [0.1, 0.15) is 5.82 Å². The van der Waals surface area contributed by atoms with Gasteiger partial charge in [-0.2, -0.15) is 4.39 Å². The van der Waals surface area contributed by atoms with Gasteiger partial charge in [-0.1, -0.05) is 13.8 Å². The number of aliphatic hydroxyl groups excluding tert-OH is 1. The van der Waals surface area contributed by atoms with E-state index in [1.54, 1.807) is 13.8 Å². The number of nitro groups is 1. The molecule has 0 aliphatic heterocycles. The molecule has 1 rings (SSSR count). The molecule has 0 bridgehead atoms. The second-order valence-electron chi connectivity index (χ2n) is 4.88. The zero-order chi connectivity index (χ0) is 16.2. The highest BCUT2D eigenvalue weighted by molar-refractivity contribution is 5.95. The Hall–Kier alpha value is -2.09. The Morgan fingerprint density at radius 2 is 2.00 bits per heavy atom. The van der Waals surface area contributed by atoms with Gasteiger partial charge in [-0.05, 0) is 18.4 Å². The van der Waals surface area contributed by atoms with Crippen LogP contribution in [0.2, 0.25) is 0 Å².